The topological polar surface area (TPSA) is 46.8 Å². The van der Waals surface area contributed by atoms with Gasteiger partial charge in [0.05, 0.1) is 6.54 Å². The van der Waals surface area contributed by atoms with Crippen LogP contribution in [-0.2, 0) is 13.1 Å². The van der Waals surface area contributed by atoms with Crippen molar-refractivity contribution >= 4 is 0 Å². The first-order valence-electron chi connectivity index (χ1n) is 7.73. The Labute approximate surface area is 126 Å². The molecule has 1 aliphatic rings. The van der Waals surface area contributed by atoms with Gasteiger partial charge in [0.15, 0.2) is 0 Å². The van der Waals surface area contributed by atoms with Gasteiger partial charge in [0.25, 0.3) is 0 Å². The summed E-state index contributed by atoms with van der Waals surface area (Å²) in [6, 6.07) is 4.71. The minimum absolute atomic E-state index is 0.541. The molecule has 5 heteroatoms. The number of hydrogen-bond acceptors (Lipinski definition) is 4. The Morgan fingerprint density at radius 3 is 2.90 bits per heavy atom. The summed E-state index contributed by atoms with van der Waals surface area (Å²) in [6.45, 7) is 7.07. The maximum absolute atomic E-state index is 4.51. The van der Waals surface area contributed by atoms with Crippen LogP contribution >= 0.6 is 0 Å². The molecule has 112 valence electrons. The van der Waals surface area contributed by atoms with E-state index in [1.54, 1.807) is 0 Å². The largest absolute Gasteiger partial charge is 0.294 e. The zero-order valence-corrected chi connectivity index (χ0v) is 12.9. The van der Waals surface area contributed by atoms with Crippen LogP contribution in [0.3, 0.4) is 0 Å². The summed E-state index contributed by atoms with van der Waals surface area (Å²) < 4.78 is 2.06. The zero-order valence-electron chi connectivity index (χ0n) is 12.9. The molecule has 2 aromatic rings. The molecule has 1 saturated heterocycles. The Hall–Kier alpha value is -1.75. The molecule has 5 nitrogen and oxygen atoms in total. The molecule has 3 heterocycles. The molecule has 2 aromatic heterocycles. The number of nitrogens with zero attached hydrogens (tertiary/aromatic N) is 5. The maximum Gasteiger partial charge on any atom is 0.147 e. The summed E-state index contributed by atoms with van der Waals surface area (Å²) in [5.74, 6) is 1.88. The van der Waals surface area contributed by atoms with Gasteiger partial charge in [-0.25, -0.2) is 9.67 Å². The first-order chi connectivity index (χ1) is 10.2. The fourth-order valence-electron chi connectivity index (χ4n) is 3.13. The number of aromatic nitrogens is 4. The van der Waals surface area contributed by atoms with Crippen molar-refractivity contribution < 1.29 is 0 Å². The first kappa shape index (κ1) is 14.2. The van der Waals surface area contributed by atoms with Gasteiger partial charge in [-0.3, -0.25) is 9.88 Å². The number of likely N-dealkylation sites (tertiary alicyclic amines) is 1. The van der Waals surface area contributed by atoms with Crippen LogP contribution in [0.15, 0.2) is 24.5 Å². The molecule has 1 aliphatic heterocycles. The van der Waals surface area contributed by atoms with E-state index in [0.29, 0.717) is 6.04 Å². The molecule has 0 spiro atoms. The van der Waals surface area contributed by atoms with E-state index >= 15 is 0 Å². The minimum Gasteiger partial charge on any atom is -0.294 e. The van der Waals surface area contributed by atoms with Crippen molar-refractivity contribution in [1.82, 2.24) is 24.6 Å². The van der Waals surface area contributed by atoms with Gasteiger partial charge in [-0.2, -0.15) is 5.10 Å². The van der Waals surface area contributed by atoms with Gasteiger partial charge in [-0.1, -0.05) is 12.5 Å². The molecule has 0 aliphatic carbocycles. The van der Waals surface area contributed by atoms with Crippen molar-refractivity contribution in [3.8, 4) is 0 Å². The molecular weight excluding hydrogens is 262 g/mol. The van der Waals surface area contributed by atoms with Crippen LogP contribution in [0.2, 0.25) is 0 Å². The van der Waals surface area contributed by atoms with Crippen LogP contribution in [0.1, 0.15) is 36.5 Å². The third kappa shape index (κ3) is 3.47. The molecule has 0 aromatic carbocycles. The lowest BCUT2D eigenvalue weighted by Gasteiger charge is -2.35. The highest BCUT2D eigenvalue weighted by Crippen LogP contribution is 2.21. The SMILES string of the molecule is Cc1nc(C)n(C[C@@H]2CCCCN2Cc2cccnc2)n1. The summed E-state index contributed by atoms with van der Waals surface area (Å²) >= 11 is 0. The molecule has 0 radical (unpaired) electrons. The van der Waals surface area contributed by atoms with Gasteiger partial charge >= 0.3 is 0 Å². The first-order valence-corrected chi connectivity index (χ1v) is 7.73. The Morgan fingerprint density at radius 1 is 1.29 bits per heavy atom. The lowest BCUT2D eigenvalue weighted by molar-refractivity contribution is 0.121. The van der Waals surface area contributed by atoms with Crippen molar-refractivity contribution in [3.63, 3.8) is 0 Å². The second-order valence-corrected chi connectivity index (χ2v) is 5.87. The second-order valence-electron chi connectivity index (χ2n) is 5.87. The van der Waals surface area contributed by atoms with Gasteiger partial charge in [-0.05, 0) is 44.9 Å². The fraction of sp³-hybridized carbons (Fsp3) is 0.562. The molecule has 1 fully saturated rings. The Kier molecular flexibility index (Phi) is 4.29. The zero-order chi connectivity index (χ0) is 14.7. The van der Waals surface area contributed by atoms with E-state index in [2.05, 4.69) is 30.7 Å². The number of hydrogen-bond donors (Lipinski definition) is 0. The fourth-order valence-corrected chi connectivity index (χ4v) is 3.13. The highest BCUT2D eigenvalue weighted by molar-refractivity contribution is 5.08. The van der Waals surface area contributed by atoms with Crippen molar-refractivity contribution in [2.24, 2.45) is 0 Å². The van der Waals surface area contributed by atoms with Gasteiger partial charge in [-0.15, -0.1) is 0 Å². The van der Waals surface area contributed by atoms with E-state index in [1.807, 2.05) is 32.3 Å². The van der Waals surface area contributed by atoms with Gasteiger partial charge < -0.3 is 0 Å². The number of piperidine rings is 1. The van der Waals surface area contributed by atoms with E-state index in [0.717, 1.165) is 31.3 Å². The van der Waals surface area contributed by atoms with Crippen LogP contribution in [0, 0.1) is 13.8 Å². The monoisotopic (exact) mass is 285 g/mol. The predicted octanol–water partition coefficient (Wildman–Crippen LogP) is 2.34. The predicted molar refractivity (Wildman–Crippen MR) is 81.8 cm³/mol. The Balaban J connectivity index is 1.71. The smallest absolute Gasteiger partial charge is 0.147 e. The standard InChI is InChI=1S/C16H23N5/c1-13-18-14(2)21(19-13)12-16-7-3-4-9-20(16)11-15-6-5-8-17-10-15/h5-6,8,10,16H,3-4,7,9,11-12H2,1-2H3/t16-/m0/s1. The number of rotatable bonds is 4. The van der Waals surface area contributed by atoms with E-state index in [4.69, 9.17) is 0 Å². The molecule has 0 bridgehead atoms. The van der Waals surface area contributed by atoms with Crippen molar-refractivity contribution in [1.29, 1.82) is 0 Å². The lowest BCUT2D eigenvalue weighted by Crippen LogP contribution is -2.41. The third-order valence-electron chi connectivity index (χ3n) is 4.20. The van der Waals surface area contributed by atoms with E-state index in [9.17, 15) is 0 Å². The van der Waals surface area contributed by atoms with Crippen molar-refractivity contribution in [2.45, 2.75) is 52.2 Å². The minimum atomic E-state index is 0.541. The van der Waals surface area contributed by atoms with Gasteiger partial charge in [0, 0.05) is 25.0 Å². The molecule has 1 atom stereocenters. The summed E-state index contributed by atoms with van der Waals surface area (Å²) in [6.07, 6.45) is 7.63. The summed E-state index contributed by atoms with van der Waals surface area (Å²) in [7, 11) is 0. The van der Waals surface area contributed by atoms with Gasteiger partial charge in [0.2, 0.25) is 0 Å². The summed E-state index contributed by atoms with van der Waals surface area (Å²) in [4.78, 5) is 11.2. The molecule has 21 heavy (non-hydrogen) atoms. The number of pyridine rings is 1. The Morgan fingerprint density at radius 2 is 2.19 bits per heavy atom. The highest BCUT2D eigenvalue weighted by Gasteiger charge is 2.23. The molecule has 0 amide bonds. The summed E-state index contributed by atoms with van der Waals surface area (Å²) in [5.41, 5.74) is 1.29. The summed E-state index contributed by atoms with van der Waals surface area (Å²) in [5, 5.41) is 4.51. The molecule has 3 rings (SSSR count). The van der Waals surface area contributed by atoms with Crippen molar-refractivity contribution in [3.05, 3.63) is 41.7 Å². The average Bonchev–Trinajstić information content (AvgIpc) is 2.80. The highest BCUT2D eigenvalue weighted by atomic mass is 15.4. The van der Waals surface area contributed by atoms with Crippen LogP contribution in [0.5, 0.6) is 0 Å². The van der Waals surface area contributed by atoms with Crippen LogP contribution in [0.4, 0.5) is 0 Å². The molecule has 0 N–H and O–H groups in total. The van der Waals surface area contributed by atoms with Crippen LogP contribution in [-0.4, -0.2) is 37.2 Å². The van der Waals surface area contributed by atoms with Crippen molar-refractivity contribution in [2.75, 3.05) is 6.54 Å². The molecular formula is C16H23N5. The lowest BCUT2D eigenvalue weighted by atomic mass is 10.0. The number of aryl methyl sites for hydroxylation is 2. The normalized spacial score (nSPS) is 19.8. The quantitative estimate of drug-likeness (QED) is 0.865. The second kappa shape index (κ2) is 6.35. The van der Waals surface area contributed by atoms with E-state index < -0.39 is 0 Å². The van der Waals surface area contributed by atoms with Crippen LogP contribution < -0.4 is 0 Å². The maximum atomic E-state index is 4.51. The van der Waals surface area contributed by atoms with Crippen LogP contribution in [0.25, 0.3) is 0 Å². The van der Waals surface area contributed by atoms with E-state index in [-0.39, 0.29) is 0 Å². The molecule has 0 saturated carbocycles. The van der Waals surface area contributed by atoms with Gasteiger partial charge in [0.1, 0.15) is 11.6 Å². The Bertz CT molecular complexity index is 578. The van der Waals surface area contributed by atoms with E-state index in [1.165, 1.54) is 24.8 Å². The third-order valence-corrected chi connectivity index (χ3v) is 4.20. The molecule has 0 unspecified atom stereocenters. The average molecular weight is 285 g/mol.